The molecule has 0 spiro atoms. The second-order valence-corrected chi connectivity index (χ2v) is 11.0. The van der Waals surface area contributed by atoms with Gasteiger partial charge in [-0.25, -0.2) is 9.78 Å². The van der Waals surface area contributed by atoms with Gasteiger partial charge >= 0.3 is 5.97 Å². The fraction of sp³-hybridized carbons (Fsp3) is 0.320. The van der Waals surface area contributed by atoms with Gasteiger partial charge in [0, 0.05) is 4.88 Å². The first kappa shape index (κ1) is 23.5. The number of anilines is 1. The summed E-state index contributed by atoms with van der Waals surface area (Å²) in [7, 11) is 1.37. The number of rotatable bonds is 7. The number of carbonyl (C=O) groups is 2. The lowest BCUT2D eigenvalue weighted by atomic mass is 9.88. The van der Waals surface area contributed by atoms with Gasteiger partial charge in [0.2, 0.25) is 5.91 Å². The highest BCUT2D eigenvalue weighted by Gasteiger charge is 2.30. The normalized spacial score (nSPS) is 16.0. The standard InChI is InChI=1S/C25H25N3O5S2/c1-13-8-9-15-18(12-13)35-23(19(15)24(30)31-3)28-22(29)14(2)34-25-26-20(16-6-4-10-32-16)21(27-25)17-7-5-11-33-17/h4-7,10-11,13-14H,8-9,12H2,1-3H3,(H,26,27)(H,28,29). The Kier molecular flexibility index (Phi) is 6.57. The molecule has 0 saturated heterocycles. The number of esters is 1. The Morgan fingerprint density at radius 3 is 2.69 bits per heavy atom. The Labute approximate surface area is 210 Å². The van der Waals surface area contributed by atoms with Crippen molar-refractivity contribution in [1.29, 1.82) is 0 Å². The summed E-state index contributed by atoms with van der Waals surface area (Å²) in [6.45, 7) is 4.00. The fourth-order valence-electron chi connectivity index (χ4n) is 4.19. The number of methoxy groups -OCH3 is 1. The number of amides is 1. The quantitative estimate of drug-likeness (QED) is 0.230. The average Bonchev–Trinajstić information content (AvgIpc) is 3.64. The van der Waals surface area contributed by atoms with Gasteiger partial charge in [0.25, 0.3) is 0 Å². The summed E-state index contributed by atoms with van der Waals surface area (Å²) in [4.78, 5) is 34.8. The van der Waals surface area contributed by atoms with Crippen LogP contribution in [0.5, 0.6) is 0 Å². The van der Waals surface area contributed by atoms with Crippen molar-refractivity contribution in [3.63, 3.8) is 0 Å². The molecular weight excluding hydrogens is 486 g/mol. The van der Waals surface area contributed by atoms with Crippen LogP contribution in [0.2, 0.25) is 0 Å². The molecule has 4 heterocycles. The number of furan rings is 2. The molecule has 8 nitrogen and oxygen atoms in total. The zero-order chi connectivity index (χ0) is 24.5. The van der Waals surface area contributed by atoms with Gasteiger partial charge in [-0.1, -0.05) is 18.7 Å². The van der Waals surface area contributed by atoms with Crippen LogP contribution in [0.15, 0.2) is 50.8 Å². The van der Waals surface area contributed by atoms with Gasteiger partial charge in [0.05, 0.1) is 30.4 Å². The molecular formula is C25H25N3O5S2. The molecule has 2 unspecified atom stereocenters. The van der Waals surface area contributed by atoms with Crippen molar-refractivity contribution in [3.05, 3.63) is 52.8 Å². The van der Waals surface area contributed by atoms with E-state index in [4.69, 9.17) is 13.6 Å². The number of fused-ring (bicyclic) bond motifs is 1. The molecule has 0 saturated carbocycles. The molecule has 5 rings (SSSR count). The summed E-state index contributed by atoms with van der Waals surface area (Å²) in [5.41, 5.74) is 2.78. The third kappa shape index (κ3) is 4.68. The number of hydrogen-bond donors (Lipinski definition) is 2. The van der Waals surface area contributed by atoms with Gasteiger partial charge < -0.3 is 23.9 Å². The predicted octanol–water partition coefficient (Wildman–Crippen LogP) is 6.02. The van der Waals surface area contributed by atoms with Crippen molar-refractivity contribution in [2.75, 3.05) is 12.4 Å². The molecule has 1 amide bonds. The largest absolute Gasteiger partial charge is 0.465 e. The Morgan fingerprint density at radius 1 is 1.26 bits per heavy atom. The van der Waals surface area contributed by atoms with Crippen LogP contribution in [0, 0.1) is 5.92 Å². The Hall–Kier alpha value is -3.24. The van der Waals surface area contributed by atoms with Gasteiger partial charge in [-0.2, -0.15) is 0 Å². The van der Waals surface area contributed by atoms with Crippen molar-refractivity contribution in [2.24, 2.45) is 5.92 Å². The second kappa shape index (κ2) is 9.79. The van der Waals surface area contributed by atoms with Crippen LogP contribution < -0.4 is 5.32 Å². The number of aromatic nitrogens is 2. The zero-order valence-corrected chi connectivity index (χ0v) is 21.2. The molecule has 0 radical (unpaired) electrons. The lowest BCUT2D eigenvalue weighted by Crippen LogP contribution is -2.23. The maximum absolute atomic E-state index is 13.2. The second-order valence-electron chi connectivity index (χ2n) is 8.52. The third-order valence-corrected chi connectivity index (χ3v) is 8.15. The van der Waals surface area contributed by atoms with Gasteiger partial charge in [0.15, 0.2) is 16.7 Å². The van der Waals surface area contributed by atoms with Crippen molar-refractivity contribution < 1.29 is 23.2 Å². The third-order valence-electron chi connectivity index (χ3n) is 6.00. The van der Waals surface area contributed by atoms with Gasteiger partial charge in [-0.05, 0) is 61.9 Å². The molecule has 1 aliphatic carbocycles. The molecule has 10 heteroatoms. The highest BCUT2D eigenvalue weighted by Crippen LogP contribution is 2.40. The minimum atomic E-state index is -0.487. The molecule has 4 aromatic heterocycles. The number of nitrogens with one attached hydrogen (secondary N) is 2. The van der Waals surface area contributed by atoms with Gasteiger partial charge in [-0.15, -0.1) is 11.3 Å². The number of aromatic amines is 1. The Balaban J connectivity index is 1.37. The van der Waals surface area contributed by atoms with E-state index in [-0.39, 0.29) is 5.91 Å². The number of carbonyl (C=O) groups excluding carboxylic acids is 2. The molecule has 4 aromatic rings. The average molecular weight is 512 g/mol. The number of thioether (sulfide) groups is 1. The van der Waals surface area contributed by atoms with E-state index in [2.05, 4.69) is 22.2 Å². The first-order valence-corrected chi connectivity index (χ1v) is 13.0. The summed E-state index contributed by atoms with van der Waals surface area (Å²) in [6, 6.07) is 7.24. The van der Waals surface area contributed by atoms with Gasteiger partial charge in [0.1, 0.15) is 16.4 Å². The molecule has 2 N–H and O–H groups in total. The summed E-state index contributed by atoms with van der Waals surface area (Å²) in [5, 5.41) is 3.60. The first-order chi connectivity index (χ1) is 16.9. The molecule has 35 heavy (non-hydrogen) atoms. The molecule has 1 aliphatic rings. The summed E-state index contributed by atoms with van der Waals surface area (Å²) in [6.07, 6.45) is 5.91. The van der Waals surface area contributed by atoms with E-state index < -0.39 is 11.2 Å². The van der Waals surface area contributed by atoms with E-state index in [9.17, 15) is 9.59 Å². The lowest BCUT2D eigenvalue weighted by Gasteiger charge is -2.18. The predicted molar refractivity (Wildman–Crippen MR) is 135 cm³/mol. The minimum absolute atomic E-state index is 0.220. The van der Waals surface area contributed by atoms with E-state index in [0.29, 0.717) is 44.5 Å². The fourth-order valence-corrected chi connectivity index (χ4v) is 6.40. The summed E-state index contributed by atoms with van der Waals surface area (Å²) < 4.78 is 16.1. The summed E-state index contributed by atoms with van der Waals surface area (Å²) in [5.74, 6) is 1.13. The molecule has 2 atom stereocenters. The van der Waals surface area contributed by atoms with Crippen LogP contribution in [0.4, 0.5) is 5.00 Å². The zero-order valence-electron chi connectivity index (χ0n) is 19.5. The van der Waals surface area contributed by atoms with Crippen LogP contribution in [-0.4, -0.2) is 34.2 Å². The Bertz CT molecular complexity index is 1290. The molecule has 0 fully saturated rings. The number of ether oxygens (including phenoxy) is 1. The van der Waals surface area contributed by atoms with Crippen LogP contribution in [-0.2, 0) is 22.4 Å². The topological polar surface area (TPSA) is 110 Å². The number of hydrogen-bond acceptors (Lipinski definition) is 8. The van der Waals surface area contributed by atoms with Crippen LogP contribution in [0.3, 0.4) is 0 Å². The van der Waals surface area contributed by atoms with Crippen molar-refractivity contribution >= 4 is 40.0 Å². The monoisotopic (exact) mass is 511 g/mol. The number of nitrogens with zero attached hydrogens (tertiary/aromatic N) is 1. The maximum Gasteiger partial charge on any atom is 0.341 e. The SMILES string of the molecule is COC(=O)c1c(NC(=O)C(C)Sc2nc(-c3ccco3)c(-c3ccco3)[nH]2)sc2c1CCC(C)C2. The van der Waals surface area contributed by atoms with E-state index in [1.807, 2.05) is 12.1 Å². The van der Waals surface area contributed by atoms with E-state index in [0.717, 1.165) is 29.7 Å². The number of thiophene rings is 1. The molecule has 0 aromatic carbocycles. The van der Waals surface area contributed by atoms with Crippen molar-refractivity contribution in [1.82, 2.24) is 9.97 Å². The smallest absolute Gasteiger partial charge is 0.341 e. The molecule has 0 bridgehead atoms. The molecule has 0 aliphatic heterocycles. The van der Waals surface area contributed by atoms with Crippen molar-refractivity contribution in [2.45, 2.75) is 43.5 Å². The van der Waals surface area contributed by atoms with Crippen LogP contribution in [0.1, 0.15) is 41.1 Å². The van der Waals surface area contributed by atoms with E-state index >= 15 is 0 Å². The Morgan fingerprint density at radius 2 is 2.00 bits per heavy atom. The minimum Gasteiger partial charge on any atom is -0.465 e. The number of H-pyrrole nitrogens is 1. The lowest BCUT2D eigenvalue weighted by molar-refractivity contribution is -0.115. The number of imidazole rings is 1. The van der Waals surface area contributed by atoms with Gasteiger partial charge in [-0.3, -0.25) is 4.79 Å². The highest BCUT2D eigenvalue weighted by atomic mass is 32.2. The highest BCUT2D eigenvalue weighted by molar-refractivity contribution is 8.00. The van der Waals surface area contributed by atoms with E-state index in [1.54, 1.807) is 31.6 Å². The maximum atomic E-state index is 13.2. The summed E-state index contributed by atoms with van der Waals surface area (Å²) >= 11 is 2.76. The first-order valence-electron chi connectivity index (χ1n) is 11.3. The van der Waals surface area contributed by atoms with Crippen LogP contribution >= 0.6 is 23.1 Å². The van der Waals surface area contributed by atoms with E-state index in [1.165, 1.54) is 30.2 Å². The van der Waals surface area contributed by atoms with Crippen LogP contribution in [0.25, 0.3) is 22.9 Å². The van der Waals surface area contributed by atoms with Crippen molar-refractivity contribution in [3.8, 4) is 22.9 Å². The molecule has 182 valence electrons.